The summed E-state index contributed by atoms with van der Waals surface area (Å²) in [7, 11) is 0. The van der Waals surface area contributed by atoms with E-state index in [1.54, 1.807) is 18.2 Å². The lowest BCUT2D eigenvalue weighted by atomic mass is 10.1. The van der Waals surface area contributed by atoms with Gasteiger partial charge >= 0.3 is 17.8 Å². The Balaban J connectivity index is 1.68. The zero-order valence-electron chi connectivity index (χ0n) is 18.0. The molecule has 0 saturated carbocycles. The molecule has 0 bridgehead atoms. The number of nitro groups is 1. The molecule has 12 heteroatoms. The zero-order chi connectivity index (χ0) is 25.5. The number of esters is 1. The van der Waals surface area contributed by atoms with Crippen molar-refractivity contribution in [3.05, 3.63) is 98.0 Å². The normalized spacial score (nSPS) is 10.9. The quantitative estimate of drug-likeness (QED) is 0.123. The van der Waals surface area contributed by atoms with Crippen LogP contribution in [0.2, 0.25) is 10.0 Å². The topological polar surface area (TPSA) is 140 Å². The summed E-state index contributed by atoms with van der Waals surface area (Å²) in [5.41, 5.74) is 2.95. The number of anilines is 1. The maximum absolute atomic E-state index is 12.5. The van der Waals surface area contributed by atoms with Gasteiger partial charge in [0.1, 0.15) is 5.75 Å². The Bertz CT molecular complexity index is 1340. The number of nitrogens with zero attached hydrogens (tertiary/aromatic N) is 2. The first-order valence-corrected chi connectivity index (χ1v) is 10.6. The van der Waals surface area contributed by atoms with Crippen molar-refractivity contribution in [3.8, 4) is 5.75 Å². The summed E-state index contributed by atoms with van der Waals surface area (Å²) in [5.74, 6) is -2.65. The van der Waals surface area contributed by atoms with Crippen molar-refractivity contribution in [2.45, 2.75) is 6.92 Å². The summed E-state index contributed by atoms with van der Waals surface area (Å²) < 4.78 is 5.40. The lowest BCUT2D eigenvalue weighted by molar-refractivity contribution is -0.384. The molecular formula is C23H16Cl2N4O6. The molecule has 0 heterocycles. The van der Waals surface area contributed by atoms with Crippen molar-refractivity contribution in [3.63, 3.8) is 0 Å². The molecule has 0 unspecified atom stereocenters. The Morgan fingerprint density at radius 2 is 1.63 bits per heavy atom. The number of amides is 2. The predicted octanol–water partition coefficient (Wildman–Crippen LogP) is 4.60. The Hall–Kier alpha value is -4.28. The molecule has 0 aromatic heterocycles. The van der Waals surface area contributed by atoms with Gasteiger partial charge in [0.05, 0.1) is 26.2 Å². The molecule has 0 spiro atoms. The summed E-state index contributed by atoms with van der Waals surface area (Å²) in [4.78, 5) is 46.9. The number of carbonyl (C=O) groups is 3. The number of para-hydroxylation sites is 1. The number of benzene rings is 3. The van der Waals surface area contributed by atoms with E-state index in [9.17, 15) is 24.5 Å². The number of ether oxygens (including phenoxy) is 1. The molecule has 0 radical (unpaired) electrons. The van der Waals surface area contributed by atoms with Gasteiger partial charge in [-0.1, -0.05) is 35.3 Å². The number of hydrogen-bond acceptors (Lipinski definition) is 7. The maximum Gasteiger partial charge on any atom is 0.343 e. The summed E-state index contributed by atoms with van der Waals surface area (Å²) in [5, 5.41) is 17.5. The average Bonchev–Trinajstić information content (AvgIpc) is 2.84. The van der Waals surface area contributed by atoms with Crippen molar-refractivity contribution >= 4 is 58.1 Å². The number of nitro benzene ring substituents is 1. The first-order valence-electron chi connectivity index (χ1n) is 9.82. The highest BCUT2D eigenvalue weighted by Crippen LogP contribution is 2.25. The fraction of sp³-hybridized carbons (Fsp3) is 0.0435. The standard InChI is InChI=1S/C23H16Cl2N4O6/c1-13(27-28-22(31)21(30)26-15-8-11-18(24)19(25)12-15)17-4-2-3-5-20(17)35-23(32)14-6-9-16(10-7-14)29(33)34/h2-12H,1H3,(H,26,30)(H,28,31)/b27-13+. The van der Waals surface area contributed by atoms with Gasteiger partial charge in [0.25, 0.3) is 5.69 Å². The van der Waals surface area contributed by atoms with E-state index in [0.717, 1.165) is 0 Å². The van der Waals surface area contributed by atoms with Gasteiger partial charge in [0.15, 0.2) is 0 Å². The predicted molar refractivity (Wildman–Crippen MR) is 130 cm³/mol. The van der Waals surface area contributed by atoms with Gasteiger partial charge in [-0.05, 0) is 49.4 Å². The third kappa shape index (κ3) is 6.62. The van der Waals surface area contributed by atoms with Crippen molar-refractivity contribution in [2.75, 3.05) is 5.32 Å². The van der Waals surface area contributed by atoms with E-state index in [1.807, 2.05) is 0 Å². The highest BCUT2D eigenvalue weighted by molar-refractivity contribution is 6.43. The molecule has 0 aliphatic rings. The molecule has 3 aromatic rings. The van der Waals surface area contributed by atoms with Gasteiger partial charge in [0.2, 0.25) is 0 Å². The molecule has 0 fully saturated rings. The van der Waals surface area contributed by atoms with Crippen molar-refractivity contribution in [1.29, 1.82) is 0 Å². The summed E-state index contributed by atoms with van der Waals surface area (Å²) in [6, 6.07) is 15.6. The van der Waals surface area contributed by atoms with Crippen LogP contribution in [-0.2, 0) is 9.59 Å². The van der Waals surface area contributed by atoms with Crippen molar-refractivity contribution in [1.82, 2.24) is 5.43 Å². The maximum atomic E-state index is 12.5. The van der Waals surface area contributed by atoms with Crippen LogP contribution in [0.3, 0.4) is 0 Å². The minimum Gasteiger partial charge on any atom is -0.422 e. The summed E-state index contributed by atoms with van der Waals surface area (Å²) in [6.45, 7) is 1.54. The fourth-order valence-electron chi connectivity index (χ4n) is 2.74. The molecule has 0 atom stereocenters. The third-order valence-electron chi connectivity index (χ3n) is 4.50. The van der Waals surface area contributed by atoms with Gasteiger partial charge in [-0.2, -0.15) is 5.10 Å². The second kappa shape index (κ2) is 11.2. The summed E-state index contributed by atoms with van der Waals surface area (Å²) in [6.07, 6.45) is 0. The van der Waals surface area contributed by atoms with Crippen LogP contribution in [0.5, 0.6) is 5.75 Å². The first-order chi connectivity index (χ1) is 16.7. The second-order valence-electron chi connectivity index (χ2n) is 6.91. The highest BCUT2D eigenvalue weighted by Gasteiger charge is 2.17. The summed E-state index contributed by atoms with van der Waals surface area (Å²) >= 11 is 11.7. The Morgan fingerprint density at radius 1 is 0.943 bits per heavy atom. The number of rotatable bonds is 6. The minimum atomic E-state index is -1.05. The number of hydrazone groups is 1. The third-order valence-corrected chi connectivity index (χ3v) is 5.24. The van der Waals surface area contributed by atoms with E-state index in [-0.39, 0.29) is 33.4 Å². The minimum absolute atomic E-state index is 0.104. The molecule has 0 saturated heterocycles. The molecule has 0 aliphatic heterocycles. The Labute approximate surface area is 208 Å². The lowest BCUT2D eigenvalue weighted by Gasteiger charge is -2.10. The number of halogens is 2. The lowest BCUT2D eigenvalue weighted by Crippen LogP contribution is -2.33. The van der Waals surface area contributed by atoms with Gasteiger partial charge in [-0.3, -0.25) is 19.7 Å². The van der Waals surface area contributed by atoms with E-state index < -0.39 is 22.7 Å². The smallest absolute Gasteiger partial charge is 0.343 e. The second-order valence-corrected chi connectivity index (χ2v) is 7.73. The molecule has 3 rings (SSSR count). The van der Waals surface area contributed by atoms with E-state index in [0.29, 0.717) is 10.6 Å². The zero-order valence-corrected chi connectivity index (χ0v) is 19.5. The van der Waals surface area contributed by atoms with Gasteiger partial charge in [-0.25, -0.2) is 10.2 Å². The Morgan fingerprint density at radius 3 is 2.29 bits per heavy atom. The number of non-ortho nitro benzene ring substituents is 1. The van der Waals surface area contributed by atoms with Crippen molar-refractivity contribution in [2.24, 2.45) is 5.10 Å². The van der Waals surface area contributed by atoms with Gasteiger partial charge < -0.3 is 10.1 Å². The molecule has 178 valence electrons. The molecule has 10 nitrogen and oxygen atoms in total. The van der Waals surface area contributed by atoms with Crippen LogP contribution >= 0.6 is 23.2 Å². The van der Waals surface area contributed by atoms with E-state index in [4.69, 9.17) is 27.9 Å². The first kappa shape index (κ1) is 25.3. The molecule has 2 N–H and O–H groups in total. The number of hydrogen-bond donors (Lipinski definition) is 2. The Kier molecular flexibility index (Phi) is 8.13. The molecule has 0 aliphatic carbocycles. The highest BCUT2D eigenvalue weighted by atomic mass is 35.5. The molecule has 3 aromatic carbocycles. The van der Waals surface area contributed by atoms with E-state index in [2.05, 4.69) is 15.8 Å². The fourth-order valence-corrected chi connectivity index (χ4v) is 3.04. The molecule has 35 heavy (non-hydrogen) atoms. The van der Waals surface area contributed by atoms with Gasteiger partial charge in [-0.15, -0.1) is 0 Å². The molecular weight excluding hydrogens is 499 g/mol. The number of nitrogens with one attached hydrogen (secondary N) is 2. The van der Waals surface area contributed by atoms with Crippen LogP contribution in [-0.4, -0.2) is 28.4 Å². The van der Waals surface area contributed by atoms with Crippen LogP contribution < -0.4 is 15.5 Å². The van der Waals surface area contributed by atoms with Crippen molar-refractivity contribution < 1.29 is 24.0 Å². The van der Waals surface area contributed by atoms with E-state index in [1.165, 1.54) is 55.5 Å². The largest absolute Gasteiger partial charge is 0.422 e. The SMILES string of the molecule is C/C(=N\NC(=O)C(=O)Nc1ccc(Cl)c(Cl)c1)c1ccccc1OC(=O)c1ccc([N+](=O)[O-])cc1. The van der Waals surface area contributed by atoms with Crippen LogP contribution in [0.4, 0.5) is 11.4 Å². The monoisotopic (exact) mass is 514 g/mol. The van der Waals surface area contributed by atoms with Crippen LogP contribution in [0, 0.1) is 10.1 Å². The average molecular weight is 515 g/mol. The van der Waals surface area contributed by atoms with Gasteiger partial charge in [0, 0.05) is 23.4 Å². The van der Waals surface area contributed by atoms with Crippen LogP contribution in [0.1, 0.15) is 22.8 Å². The van der Waals surface area contributed by atoms with Crippen LogP contribution in [0.25, 0.3) is 0 Å². The number of carbonyl (C=O) groups excluding carboxylic acids is 3. The van der Waals surface area contributed by atoms with E-state index >= 15 is 0 Å². The van der Waals surface area contributed by atoms with Crippen LogP contribution in [0.15, 0.2) is 71.8 Å². The molecule has 2 amide bonds.